The lowest BCUT2D eigenvalue weighted by molar-refractivity contribution is -0.198. The number of nitrogens with one attached hydrogen (secondary N) is 1. The number of nitrogens with zero attached hydrogens (tertiary/aromatic N) is 2. The summed E-state index contributed by atoms with van der Waals surface area (Å²) >= 11 is 0. The van der Waals surface area contributed by atoms with Crippen LogP contribution in [0, 0.1) is 6.92 Å². The van der Waals surface area contributed by atoms with Crippen LogP contribution >= 0.6 is 0 Å². The molecule has 0 bridgehead atoms. The average Bonchev–Trinajstić information content (AvgIpc) is 3.21. The molecule has 3 heterocycles. The van der Waals surface area contributed by atoms with Gasteiger partial charge in [0.15, 0.2) is 0 Å². The molecule has 2 saturated heterocycles. The summed E-state index contributed by atoms with van der Waals surface area (Å²) in [5.41, 5.74) is 0.725. The predicted molar refractivity (Wildman–Crippen MR) is 109 cm³/mol. The Morgan fingerprint density at radius 2 is 2.14 bits per heavy atom. The monoisotopic (exact) mass is 399 g/mol. The normalized spacial score (nSPS) is 26.4. The maximum atomic E-state index is 12.7. The molecule has 0 saturated carbocycles. The van der Waals surface area contributed by atoms with Crippen LogP contribution in [0.1, 0.15) is 37.3 Å². The number of carbonyl (C=O) groups excluding carboxylic acids is 1. The highest BCUT2D eigenvalue weighted by molar-refractivity contribution is 5.79. The number of hydrogen-bond acceptors (Lipinski definition) is 6. The van der Waals surface area contributed by atoms with Gasteiger partial charge in [-0.1, -0.05) is 29.8 Å². The second-order valence-electron chi connectivity index (χ2n) is 8.50. The van der Waals surface area contributed by atoms with Crippen LogP contribution in [0.25, 0.3) is 0 Å². The van der Waals surface area contributed by atoms with E-state index in [1.165, 1.54) is 0 Å². The van der Waals surface area contributed by atoms with E-state index in [1.54, 1.807) is 12.5 Å². The third-order valence-electron chi connectivity index (χ3n) is 6.28. The van der Waals surface area contributed by atoms with Crippen molar-refractivity contribution in [3.05, 3.63) is 47.9 Å². The van der Waals surface area contributed by atoms with Gasteiger partial charge in [0, 0.05) is 19.7 Å². The number of rotatable bonds is 4. The number of aliphatic hydroxyl groups excluding tert-OH is 1. The zero-order valence-electron chi connectivity index (χ0n) is 17.1. The second kappa shape index (κ2) is 7.80. The van der Waals surface area contributed by atoms with E-state index in [4.69, 9.17) is 9.15 Å². The number of aryl methyl sites for hydroxylation is 1. The van der Waals surface area contributed by atoms with E-state index in [-0.39, 0.29) is 5.91 Å². The zero-order valence-corrected chi connectivity index (χ0v) is 17.1. The van der Waals surface area contributed by atoms with Gasteiger partial charge in [0.1, 0.15) is 12.4 Å². The van der Waals surface area contributed by atoms with Crippen LogP contribution in [0.4, 0.5) is 6.01 Å². The molecule has 156 valence electrons. The molecular formula is C22H29N3O4. The molecule has 29 heavy (non-hydrogen) atoms. The molecule has 1 aromatic carbocycles. The summed E-state index contributed by atoms with van der Waals surface area (Å²) in [5, 5.41) is 14.4. The van der Waals surface area contributed by atoms with Crippen molar-refractivity contribution >= 4 is 11.9 Å². The van der Waals surface area contributed by atoms with Crippen LogP contribution in [0.5, 0.6) is 0 Å². The Balaban J connectivity index is 1.42. The number of benzene rings is 1. The van der Waals surface area contributed by atoms with Crippen molar-refractivity contribution in [2.24, 2.45) is 0 Å². The van der Waals surface area contributed by atoms with Crippen LogP contribution in [0.15, 0.2) is 41.1 Å². The molecule has 1 aromatic heterocycles. The molecule has 2 aliphatic rings. The molecule has 7 nitrogen and oxygen atoms in total. The topological polar surface area (TPSA) is 87.8 Å². The summed E-state index contributed by atoms with van der Waals surface area (Å²) in [5.74, 6) is -0.0774. The minimum Gasteiger partial charge on any atom is -0.432 e. The lowest BCUT2D eigenvalue weighted by Gasteiger charge is -2.53. The molecule has 0 unspecified atom stereocenters. The van der Waals surface area contributed by atoms with Crippen LogP contribution < -0.4 is 10.2 Å². The summed E-state index contributed by atoms with van der Waals surface area (Å²) < 4.78 is 11.5. The van der Waals surface area contributed by atoms with Crippen LogP contribution in [-0.2, 0) is 16.0 Å². The summed E-state index contributed by atoms with van der Waals surface area (Å²) in [6.07, 6.45) is 4.60. The van der Waals surface area contributed by atoms with Gasteiger partial charge in [-0.25, -0.2) is 4.98 Å². The fraction of sp³-hybridized carbons (Fsp3) is 0.545. The summed E-state index contributed by atoms with van der Waals surface area (Å²) in [6.45, 7) is 5.82. The number of aromatic nitrogens is 1. The number of anilines is 1. The average molecular weight is 399 g/mol. The molecule has 2 N–H and O–H groups in total. The highest BCUT2D eigenvalue weighted by Gasteiger charge is 2.54. The Kier molecular flexibility index (Phi) is 5.36. The summed E-state index contributed by atoms with van der Waals surface area (Å²) in [4.78, 5) is 19.0. The Hall–Kier alpha value is -2.38. The van der Waals surface area contributed by atoms with Gasteiger partial charge in [0.25, 0.3) is 6.01 Å². The third-order valence-corrected chi connectivity index (χ3v) is 6.28. The summed E-state index contributed by atoms with van der Waals surface area (Å²) in [7, 11) is 0. The molecule has 2 atom stereocenters. The van der Waals surface area contributed by atoms with Gasteiger partial charge in [-0.2, -0.15) is 0 Å². The molecule has 1 amide bonds. The molecule has 0 radical (unpaired) electrons. The van der Waals surface area contributed by atoms with Crippen LogP contribution in [-0.4, -0.2) is 52.9 Å². The van der Waals surface area contributed by atoms with Gasteiger partial charge >= 0.3 is 0 Å². The number of hydrogen-bond donors (Lipinski definition) is 2. The molecule has 2 aromatic rings. The molecule has 4 rings (SSSR count). The highest BCUT2D eigenvalue weighted by atomic mass is 16.5. The van der Waals surface area contributed by atoms with Gasteiger partial charge in [0.2, 0.25) is 5.91 Å². The van der Waals surface area contributed by atoms with E-state index in [2.05, 4.69) is 15.2 Å². The van der Waals surface area contributed by atoms with Gasteiger partial charge in [-0.05, 0) is 38.7 Å². The van der Waals surface area contributed by atoms with E-state index in [0.29, 0.717) is 51.4 Å². The third kappa shape index (κ3) is 4.02. The largest absolute Gasteiger partial charge is 0.432 e. The first-order chi connectivity index (χ1) is 13.9. The van der Waals surface area contributed by atoms with Crippen molar-refractivity contribution in [1.82, 2.24) is 10.3 Å². The van der Waals surface area contributed by atoms with E-state index in [9.17, 15) is 9.90 Å². The van der Waals surface area contributed by atoms with Gasteiger partial charge in [-0.15, -0.1) is 0 Å². The van der Waals surface area contributed by atoms with Crippen LogP contribution in [0.2, 0.25) is 0 Å². The standard InChI is InChI=1S/C22H29N3O4/c1-16-4-3-5-17(14-16)15-18(26)24-21(2)8-12-29-22(19(21)27)6-10-25(11-7-22)20-23-9-13-28-20/h3-5,9,13-14,19,27H,6-8,10-12,15H2,1-2H3,(H,24,26)/t19-,21+/m1/s1. The molecule has 1 spiro atoms. The predicted octanol–water partition coefficient (Wildman–Crippen LogP) is 2.22. The Morgan fingerprint density at radius 3 is 2.83 bits per heavy atom. The fourth-order valence-electron chi connectivity index (χ4n) is 4.63. The van der Waals surface area contributed by atoms with Crippen molar-refractivity contribution in [1.29, 1.82) is 0 Å². The number of oxazole rings is 1. The van der Waals surface area contributed by atoms with E-state index >= 15 is 0 Å². The Bertz CT molecular complexity index is 846. The Labute approximate surface area is 171 Å². The first-order valence-electron chi connectivity index (χ1n) is 10.2. The highest BCUT2D eigenvalue weighted by Crippen LogP contribution is 2.40. The summed E-state index contributed by atoms with van der Waals surface area (Å²) in [6, 6.07) is 8.54. The van der Waals surface area contributed by atoms with Crippen molar-refractivity contribution in [2.45, 2.75) is 56.8 Å². The second-order valence-corrected chi connectivity index (χ2v) is 8.50. The maximum Gasteiger partial charge on any atom is 0.297 e. The Morgan fingerprint density at radius 1 is 1.34 bits per heavy atom. The fourth-order valence-corrected chi connectivity index (χ4v) is 4.63. The van der Waals surface area contributed by atoms with Crippen molar-refractivity contribution in [2.75, 3.05) is 24.6 Å². The maximum absolute atomic E-state index is 12.7. The van der Waals surface area contributed by atoms with Gasteiger partial charge in [-0.3, -0.25) is 4.79 Å². The number of carbonyl (C=O) groups is 1. The quantitative estimate of drug-likeness (QED) is 0.820. The molecule has 2 fully saturated rings. The number of aliphatic hydroxyl groups is 1. The zero-order chi connectivity index (χ0) is 20.5. The van der Waals surface area contributed by atoms with E-state index < -0.39 is 17.2 Å². The smallest absolute Gasteiger partial charge is 0.297 e. The van der Waals surface area contributed by atoms with Crippen molar-refractivity contribution < 1.29 is 19.1 Å². The minimum atomic E-state index is -0.781. The lowest BCUT2D eigenvalue weighted by Crippen LogP contribution is -2.69. The number of amides is 1. The van der Waals surface area contributed by atoms with Crippen LogP contribution in [0.3, 0.4) is 0 Å². The van der Waals surface area contributed by atoms with Gasteiger partial charge in [0.05, 0.1) is 23.8 Å². The molecule has 2 aliphatic heterocycles. The molecular weight excluding hydrogens is 370 g/mol. The minimum absolute atomic E-state index is 0.0774. The molecule has 7 heteroatoms. The lowest BCUT2D eigenvalue weighted by atomic mass is 9.73. The number of ether oxygens (including phenoxy) is 1. The van der Waals surface area contributed by atoms with Crippen molar-refractivity contribution in [3.8, 4) is 0 Å². The SMILES string of the molecule is Cc1cccc(CC(=O)N[C@@]2(C)CCOC3(CCN(c4ncco4)CC3)[C@@H]2O)c1. The van der Waals surface area contributed by atoms with E-state index in [1.807, 2.05) is 38.1 Å². The first-order valence-corrected chi connectivity index (χ1v) is 10.2. The number of piperidine rings is 1. The first kappa shape index (κ1) is 19.9. The molecule has 0 aliphatic carbocycles. The van der Waals surface area contributed by atoms with Crippen molar-refractivity contribution in [3.63, 3.8) is 0 Å². The van der Waals surface area contributed by atoms with Gasteiger partial charge < -0.3 is 24.5 Å². The van der Waals surface area contributed by atoms with E-state index in [0.717, 1.165) is 11.1 Å².